The number of nitrogens with zero attached hydrogens (tertiary/aromatic N) is 1. The fourth-order valence-corrected chi connectivity index (χ4v) is 1.03. The number of nitrogens with two attached hydrogens (primary N) is 2. The minimum atomic E-state index is 0.708. The molecule has 0 amide bonds. The van der Waals surface area contributed by atoms with E-state index in [0.717, 1.165) is 39.0 Å². The monoisotopic (exact) mass is 169 g/mol. The summed E-state index contributed by atoms with van der Waals surface area (Å²) in [6.07, 6.45) is 7.23. The number of hydrogen-bond acceptors (Lipinski definition) is 3. The summed E-state index contributed by atoms with van der Waals surface area (Å²) in [5, 5.41) is 0. The maximum atomic E-state index is 5.40. The summed E-state index contributed by atoms with van der Waals surface area (Å²) in [5.74, 6) is 2.63. The fraction of sp³-hybridized carbons (Fsp3) is 0.778. The molecule has 0 unspecified atom stereocenters. The van der Waals surface area contributed by atoms with Gasteiger partial charge in [-0.05, 0) is 25.9 Å². The molecular weight excluding hydrogens is 150 g/mol. The molecule has 0 aromatic rings. The van der Waals surface area contributed by atoms with Crippen molar-refractivity contribution >= 4 is 0 Å². The van der Waals surface area contributed by atoms with Crippen LogP contribution in [0.2, 0.25) is 0 Å². The van der Waals surface area contributed by atoms with Crippen LogP contribution in [0.25, 0.3) is 0 Å². The van der Waals surface area contributed by atoms with Crippen LogP contribution in [0.15, 0.2) is 0 Å². The zero-order chi connectivity index (χ0) is 9.23. The molecule has 0 aliphatic rings. The van der Waals surface area contributed by atoms with Crippen molar-refractivity contribution in [3.8, 4) is 12.3 Å². The normalized spacial score (nSPS) is 10.2. The van der Waals surface area contributed by atoms with E-state index in [1.54, 1.807) is 0 Å². The van der Waals surface area contributed by atoms with Crippen LogP contribution in [0.5, 0.6) is 0 Å². The Morgan fingerprint density at radius 1 is 1.08 bits per heavy atom. The van der Waals surface area contributed by atoms with Gasteiger partial charge in [-0.3, -0.25) is 4.90 Å². The Hall–Kier alpha value is -0.560. The lowest BCUT2D eigenvalue weighted by atomic mass is 10.3. The van der Waals surface area contributed by atoms with Gasteiger partial charge in [-0.1, -0.05) is 5.92 Å². The van der Waals surface area contributed by atoms with E-state index in [1.165, 1.54) is 0 Å². The van der Waals surface area contributed by atoms with E-state index in [-0.39, 0.29) is 0 Å². The molecular formula is C9H19N3. The van der Waals surface area contributed by atoms with Gasteiger partial charge in [-0.25, -0.2) is 0 Å². The molecule has 0 fully saturated rings. The Morgan fingerprint density at radius 3 is 1.92 bits per heavy atom. The third-order valence-electron chi connectivity index (χ3n) is 1.67. The SMILES string of the molecule is C#CCN(CCCN)CCCN. The van der Waals surface area contributed by atoms with Crippen LogP contribution in [0, 0.1) is 12.3 Å². The highest BCUT2D eigenvalue weighted by atomic mass is 15.1. The van der Waals surface area contributed by atoms with Crippen LogP contribution < -0.4 is 11.5 Å². The Morgan fingerprint density at radius 2 is 1.58 bits per heavy atom. The number of terminal acetylenes is 1. The predicted octanol–water partition coefficient (Wildman–Crippen LogP) is -0.381. The van der Waals surface area contributed by atoms with Crippen molar-refractivity contribution in [1.29, 1.82) is 0 Å². The van der Waals surface area contributed by atoms with E-state index < -0.39 is 0 Å². The summed E-state index contributed by atoms with van der Waals surface area (Å²) in [6, 6.07) is 0. The van der Waals surface area contributed by atoms with Crippen LogP contribution in [0.4, 0.5) is 0 Å². The lowest BCUT2D eigenvalue weighted by Gasteiger charge is -2.18. The Bertz CT molecular complexity index is 120. The van der Waals surface area contributed by atoms with Crippen molar-refractivity contribution in [2.75, 3.05) is 32.7 Å². The second-order valence-electron chi connectivity index (χ2n) is 2.76. The third-order valence-corrected chi connectivity index (χ3v) is 1.67. The van der Waals surface area contributed by atoms with Gasteiger partial charge in [0.15, 0.2) is 0 Å². The molecule has 0 spiro atoms. The van der Waals surface area contributed by atoms with Crippen molar-refractivity contribution in [3.05, 3.63) is 0 Å². The topological polar surface area (TPSA) is 55.3 Å². The lowest BCUT2D eigenvalue weighted by molar-refractivity contribution is 0.302. The first-order valence-electron chi connectivity index (χ1n) is 4.41. The van der Waals surface area contributed by atoms with E-state index in [9.17, 15) is 0 Å². The van der Waals surface area contributed by atoms with Gasteiger partial charge in [0.1, 0.15) is 0 Å². The maximum Gasteiger partial charge on any atom is 0.0598 e. The average Bonchev–Trinajstić information content (AvgIpc) is 2.10. The van der Waals surface area contributed by atoms with Crippen molar-refractivity contribution < 1.29 is 0 Å². The zero-order valence-corrected chi connectivity index (χ0v) is 7.63. The first-order chi connectivity index (χ1) is 5.85. The van der Waals surface area contributed by atoms with Crippen LogP contribution in [0.3, 0.4) is 0 Å². The van der Waals surface area contributed by atoms with Gasteiger partial charge in [0.2, 0.25) is 0 Å². The predicted molar refractivity (Wildman–Crippen MR) is 52.6 cm³/mol. The Labute approximate surface area is 75.1 Å². The molecule has 0 aliphatic carbocycles. The summed E-state index contributed by atoms with van der Waals surface area (Å²) in [4.78, 5) is 2.21. The summed E-state index contributed by atoms with van der Waals surface area (Å²) in [6.45, 7) is 4.13. The van der Waals surface area contributed by atoms with E-state index in [0.29, 0.717) is 6.54 Å². The van der Waals surface area contributed by atoms with Crippen molar-refractivity contribution in [1.82, 2.24) is 4.90 Å². The van der Waals surface area contributed by atoms with Gasteiger partial charge in [-0.15, -0.1) is 6.42 Å². The highest BCUT2D eigenvalue weighted by molar-refractivity contribution is 4.88. The van der Waals surface area contributed by atoms with Gasteiger partial charge in [0.25, 0.3) is 0 Å². The van der Waals surface area contributed by atoms with Crippen molar-refractivity contribution in [2.24, 2.45) is 11.5 Å². The molecule has 70 valence electrons. The number of rotatable bonds is 7. The fourth-order valence-electron chi connectivity index (χ4n) is 1.03. The van der Waals surface area contributed by atoms with Crippen molar-refractivity contribution in [2.45, 2.75) is 12.8 Å². The Balaban J connectivity index is 3.48. The van der Waals surface area contributed by atoms with Gasteiger partial charge >= 0.3 is 0 Å². The van der Waals surface area contributed by atoms with Gasteiger partial charge in [-0.2, -0.15) is 0 Å². The molecule has 0 heterocycles. The smallest absolute Gasteiger partial charge is 0.0598 e. The summed E-state index contributed by atoms with van der Waals surface area (Å²) in [7, 11) is 0. The minimum Gasteiger partial charge on any atom is -0.330 e. The zero-order valence-electron chi connectivity index (χ0n) is 7.63. The van der Waals surface area contributed by atoms with Crippen LogP contribution in [0.1, 0.15) is 12.8 Å². The second kappa shape index (κ2) is 8.54. The first-order valence-corrected chi connectivity index (χ1v) is 4.41. The van der Waals surface area contributed by atoms with Crippen LogP contribution in [-0.2, 0) is 0 Å². The van der Waals surface area contributed by atoms with E-state index in [2.05, 4.69) is 10.8 Å². The average molecular weight is 169 g/mol. The molecule has 4 N–H and O–H groups in total. The quantitative estimate of drug-likeness (QED) is 0.511. The summed E-state index contributed by atoms with van der Waals surface area (Å²) >= 11 is 0. The molecule has 0 saturated carbocycles. The maximum absolute atomic E-state index is 5.40. The molecule has 3 heteroatoms. The van der Waals surface area contributed by atoms with Gasteiger partial charge in [0, 0.05) is 13.1 Å². The van der Waals surface area contributed by atoms with Crippen LogP contribution in [-0.4, -0.2) is 37.6 Å². The van der Waals surface area contributed by atoms with E-state index in [4.69, 9.17) is 17.9 Å². The number of hydrogen-bond donors (Lipinski definition) is 2. The molecule has 0 rings (SSSR count). The summed E-state index contributed by atoms with van der Waals surface area (Å²) < 4.78 is 0. The van der Waals surface area contributed by atoms with E-state index in [1.807, 2.05) is 0 Å². The van der Waals surface area contributed by atoms with Crippen LogP contribution >= 0.6 is 0 Å². The molecule has 0 bridgehead atoms. The molecule has 0 radical (unpaired) electrons. The molecule has 0 aromatic carbocycles. The molecule has 12 heavy (non-hydrogen) atoms. The minimum absolute atomic E-state index is 0.708. The second-order valence-corrected chi connectivity index (χ2v) is 2.76. The standard InChI is InChI=1S/C9H19N3/c1-2-7-12(8-3-5-10)9-4-6-11/h1H,3-11H2. The van der Waals surface area contributed by atoms with Gasteiger partial charge < -0.3 is 11.5 Å². The van der Waals surface area contributed by atoms with Crippen molar-refractivity contribution in [3.63, 3.8) is 0 Å². The molecule has 0 aliphatic heterocycles. The highest BCUT2D eigenvalue weighted by Gasteiger charge is 2.00. The molecule has 0 saturated heterocycles. The highest BCUT2D eigenvalue weighted by Crippen LogP contribution is 1.91. The van der Waals surface area contributed by atoms with Gasteiger partial charge in [0.05, 0.1) is 6.54 Å². The molecule has 3 nitrogen and oxygen atoms in total. The third kappa shape index (κ3) is 6.17. The summed E-state index contributed by atoms with van der Waals surface area (Å²) in [5.41, 5.74) is 10.8. The van der Waals surface area contributed by atoms with E-state index >= 15 is 0 Å². The first kappa shape index (κ1) is 11.4. The largest absolute Gasteiger partial charge is 0.330 e. The molecule has 0 aromatic heterocycles. The molecule has 0 atom stereocenters. The lowest BCUT2D eigenvalue weighted by Crippen LogP contribution is -2.29. The Kier molecular flexibility index (Phi) is 8.14.